The Morgan fingerprint density at radius 3 is 2.65 bits per heavy atom. The number of aromatic nitrogens is 2. The van der Waals surface area contributed by atoms with Gasteiger partial charge in [0.05, 0.1) is 15.8 Å². The van der Waals surface area contributed by atoms with Gasteiger partial charge in [0.2, 0.25) is 0 Å². The van der Waals surface area contributed by atoms with Gasteiger partial charge in [-0.2, -0.15) is 0 Å². The summed E-state index contributed by atoms with van der Waals surface area (Å²) in [6.07, 6.45) is 4.87. The average molecular weight is 347 g/mol. The van der Waals surface area contributed by atoms with Crippen LogP contribution in [0.1, 0.15) is 43.1 Å². The number of H-pyrrole nitrogens is 1. The molecule has 0 aromatic carbocycles. The molecule has 0 unspecified atom stereocenters. The summed E-state index contributed by atoms with van der Waals surface area (Å²) in [5.74, 6) is 1.27. The van der Waals surface area contributed by atoms with Crippen molar-refractivity contribution >= 4 is 22.6 Å². The summed E-state index contributed by atoms with van der Waals surface area (Å²) in [5.41, 5.74) is 1.03. The summed E-state index contributed by atoms with van der Waals surface area (Å²) >= 11 is 2.13. The van der Waals surface area contributed by atoms with Crippen molar-refractivity contribution in [2.75, 3.05) is 14.1 Å². The molecule has 0 aliphatic heterocycles. The Balaban J connectivity index is 2.35. The second kappa shape index (κ2) is 5.48. The molecule has 1 heterocycles. The Morgan fingerprint density at radius 2 is 2.06 bits per heavy atom. The van der Waals surface area contributed by atoms with E-state index in [4.69, 9.17) is 0 Å². The Labute approximate surface area is 115 Å². The van der Waals surface area contributed by atoms with Crippen molar-refractivity contribution in [3.63, 3.8) is 0 Å². The lowest BCUT2D eigenvalue weighted by atomic mass is 10.0. The normalized spacial score (nSPS) is 16.9. The van der Waals surface area contributed by atoms with Crippen molar-refractivity contribution < 1.29 is 0 Å². The van der Waals surface area contributed by atoms with Crippen LogP contribution in [-0.2, 0) is 6.54 Å². The fourth-order valence-corrected chi connectivity index (χ4v) is 3.06. The van der Waals surface area contributed by atoms with Gasteiger partial charge in [0.25, 0.3) is 5.56 Å². The van der Waals surface area contributed by atoms with Gasteiger partial charge in [-0.1, -0.05) is 12.8 Å². The van der Waals surface area contributed by atoms with Crippen molar-refractivity contribution in [2.45, 2.75) is 38.1 Å². The smallest absolute Gasteiger partial charge is 0.264 e. The molecule has 1 N–H and O–H groups in total. The highest BCUT2D eigenvalue weighted by Crippen LogP contribution is 2.34. The Hall–Kier alpha value is -0.430. The first-order chi connectivity index (χ1) is 8.08. The molecule has 1 saturated carbocycles. The van der Waals surface area contributed by atoms with Crippen molar-refractivity contribution in [3.05, 3.63) is 25.4 Å². The molecule has 17 heavy (non-hydrogen) atoms. The maximum absolute atomic E-state index is 11.9. The largest absolute Gasteiger partial charge is 0.309 e. The number of nitrogens with one attached hydrogen (secondary N) is 1. The summed E-state index contributed by atoms with van der Waals surface area (Å²) in [5, 5.41) is 0. The van der Waals surface area contributed by atoms with Crippen molar-refractivity contribution in [1.29, 1.82) is 0 Å². The first-order valence-corrected chi connectivity index (χ1v) is 7.09. The van der Waals surface area contributed by atoms with E-state index in [-0.39, 0.29) is 5.56 Å². The zero-order chi connectivity index (χ0) is 12.4. The van der Waals surface area contributed by atoms with Gasteiger partial charge in [-0.05, 0) is 49.5 Å². The minimum Gasteiger partial charge on any atom is -0.309 e. The molecule has 1 aliphatic carbocycles. The lowest BCUT2D eigenvalue weighted by Crippen LogP contribution is -2.23. The first kappa shape index (κ1) is 13.0. The highest BCUT2D eigenvalue weighted by molar-refractivity contribution is 14.1. The molecule has 0 saturated heterocycles. The van der Waals surface area contributed by atoms with Crippen LogP contribution in [0.2, 0.25) is 0 Å². The number of nitrogens with zero attached hydrogens (tertiary/aromatic N) is 2. The molecule has 4 nitrogen and oxygen atoms in total. The van der Waals surface area contributed by atoms with Gasteiger partial charge in [-0.25, -0.2) is 4.98 Å². The molecule has 0 spiro atoms. The minimum atomic E-state index is 0.0133. The van der Waals surface area contributed by atoms with Gasteiger partial charge in [0, 0.05) is 5.92 Å². The van der Waals surface area contributed by atoms with E-state index in [0.717, 1.165) is 15.1 Å². The van der Waals surface area contributed by atoms with Crippen LogP contribution in [0.25, 0.3) is 0 Å². The molecule has 0 atom stereocenters. The van der Waals surface area contributed by atoms with Gasteiger partial charge in [0.15, 0.2) is 0 Å². The molecule has 5 heteroatoms. The van der Waals surface area contributed by atoms with Gasteiger partial charge in [-0.3, -0.25) is 4.79 Å². The number of rotatable bonds is 3. The molecule has 1 aliphatic rings. The van der Waals surface area contributed by atoms with Gasteiger partial charge >= 0.3 is 0 Å². The predicted octanol–water partition coefficient (Wildman–Crippen LogP) is 2.09. The van der Waals surface area contributed by atoms with E-state index in [0.29, 0.717) is 12.5 Å². The summed E-state index contributed by atoms with van der Waals surface area (Å²) < 4.78 is 0.775. The molecule has 94 valence electrons. The third kappa shape index (κ3) is 3.07. The van der Waals surface area contributed by atoms with E-state index in [1.807, 2.05) is 19.0 Å². The monoisotopic (exact) mass is 347 g/mol. The maximum atomic E-state index is 11.9. The lowest BCUT2D eigenvalue weighted by molar-refractivity contribution is 0.388. The molecule has 0 bridgehead atoms. The van der Waals surface area contributed by atoms with E-state index in [2.05, 4.69) is 32.6 Å². The van der Waals surface area contributed by atoms with Crippen molar-refractivity contribution in [3.8, 4) is 0 Å². The van der Waals surface area contributed by atoms with Crippen LogP contribution in [0.4, 0.5) is 0 Å². The van der Waals surface area contributed by atoms with Crippen LogP contribution in [0.3, 0.4) is 0 Å². The lowest BCUT2D eigenvalue weighted by Gasteiger charge is -2.14. The highest BCUT2D eigenvalue weighted by Gasteiger charge is 2.22. The molecular weight excluding hydrogens is 329 g/mol. The summed E-state index contributed by atoms with van der Waals surface area (Å²) in [6.45, 7) is 0.686. The molecule has 2 rings (SSSR count). The molecule has 0 amide bonds. The summed E-state index contributed by atoms with van der Waals surface area (Å²) in [4.78, 5) is 21.4. The number of aromatic amines is 1. The Kier molecular flexibility index (Phi) is 4.19. The first-order valence-electron chi connectivity index (χ1n) is 6.01. The Morgan fingerprint density at radius 1 is 1.41 bits per heavy atom. The van der Waals surface area contributed by atoms with Crippen LogP contribution in [-0.4, -0.2) is 29.0 Å². The van der Waals surface area contributed by atoms with E-state index in [1.54, 1.807) is 0 Å². The van der Waals surface area contributed by atoms with E-state index < -0.39 is 0 Å². The van der Waals surface area contributed by atoms with Gasteiger partial charge in [-0.15, -0.1) is 0 Å². The van der Waals surface area contributed by atoms with E-state index >= 15 is 0 Å². The SMILES string of the molecule is CN(C)Cc1nc(C2CCCC2)c(I)c(=O)[nH]1. The summed E-state index contributed by atoms with van der Waals surface area (Å²) in [7, 11) is 3.96. The van der Waals surface area contributed by atoms with Crippen LogP contribution in [0.15, 0.2) is 4.79 Å². The van der Waals surface area contributed by atoms with E-state index in [1.165, 1.54) is 25.7 Å². The topological polar surface area (TPSA) is 49.0 Å². The zero-order valence-corrected chi connectivity index (χ0v) is 12.5. The van der Waals surface area contributed by atoms with Gasteiger partial charge < -0.3 is 9.88 Å². The fourth-order valence-electron chi connectivity index (χ4n) is 2.37. The zero-order valence-electron chi connectivity index (χ0n) is 10.3. The standard InChI is InChI=1S/C12H18IN3O/c1-16(2)7-9-14-11(8-5-3-4-6-8)10(13)12(17)15-9/h8H,3-7H2,1-2H3,(H,14,15,17). The van der Waals surface area contributed by atoms with Crippen molar-refractivity contribution in [1.82, 2.24) is 14.9 Å². The molecule has 1 aromatic heterocycles. The van der Waals surface area contributed by atoms with Crippen LogP contribution in [0, 0.1) is 3.57 Å². The van der Waals surface area contributed by atoms with Gasteiger partial charge in [0.1, 0.15) is 5.82 Å². The van der Waals surface area contributed by atoms with Crippen LogP contribution < -0.4 is 5.56 Å². The summed E-state index contributed by atoms with van der Waals surface area (Å²) in [6, 6.07) is 0. The minimum absolute atomic E-state index is 0.0133. The number of hydrogen-bond acceptors (Lipinski definition) is 3. The quantitative estimate of drug-likeness (QED) is 0.852. The second-order valence-electron chi connectivity index (χ2n) is 4.93. The predicted molar refractivity (Wildman–Crippen MR) is 76.2 cm³/mol. The maximum Gasteiger partial charge on any atom is 0.264 e. The third-order valence-corrected chi connectivity index (χ3v) is 4.19. The van der Waals surface area contributed by atoms with E-state index in [9.17, 15) is 4.79 Å². The average Bonchev–Trinajstić information content (AvgIpc) is 2.75. The van der Waals surface area contributed by atoms with Crippen LogP contribution in [0.5, 0.6) is 0 Å². The number of halogens is 1. The molecule has 1 fully saturated rings. The number of hydrogen-bond donors (Lipinski definition) is 1. The third-order valence-electron chi connectivity index (χ3n) is 3.15. The molecular formula is C12H18IN3O. The van der Waals surface area contributed by atoms with Crippen molar-refractivity contribution in [2.24, 2.45) is 0 Å². The Bertz CT molecular complexity index is 450. The highest BCUT2D eigenvalue weighted by atomic mass is 127. The van der Waals surface area contributed by atoms with Crippen LogP contribution >= 0.6 is 22.6 Å². The molecule has 1 aromatic rings. The molecule has 0 radical (unpaired) electrons. The fraction of sp³-hybridized carbons (Fsp3) is 0.667. The second-order valence-corrected chi connectivity index (χ2v) is 6.01.